The highest BCUT2D eigenvalue weighted by Crippen LogP contribution is 2.34. The zero-order chi connectivity index (χ0) is 20.8. The van der Waals surface area contributed by atoms with Gasteiger partial charge in [-0.1, -0.05) is 41.4 Å². The van der Waals surface area contributed by atoms with E-state index in [9.17, 15) is 9.18 Å². The van der Waals surface area contributed by atoms with Crippen LogP contribution in [0.1, 0.15) is 0 Å². The van der Waals surface area contributed by atoms with Crippen LogP contribution >= 0.6 is 23.2 Å². The largest absolute Gasteiger partial charge is 0.480 e. The molecule has 0 fully saturated rings. The highest BCUT2D eigenvalue weighted by molar-refractivity contribution is 6.42. The lowest BCUT2D eigenvalue weighted by atomic mass is 10.0. The van der Waals surface area contributed by atoms with Crippen LogP contribution in [0.2, 0.25) is 10.0 Å². The first-order valence-electron chi connectivity index (χ1n) is 7.69. The maximum Gasteiger partial charge on any atom is 0.324 e. The SMILES string of the molecule is C=CC(C#N)C(=O)O.Nc1ncnc2c(F)ccc(-c3ccc(Cl)c(Cl)c3)c12. The fraction of sp³-hybridized carbons (Fsp3) is 0.0526. The molecular weight excluding hydrogens is 406 g/mol. The summed E-state index contributed by atoms with van der Waals surface area (Å²) in [5.74, 6) is -2.44. The van der Waals surface area contributed by atoms with Crippen LogP contribution < -0.4 is 5.73 Å². The van der Waals surface area contributed by atoms with Crippen LogP contribution in [0.5, 0.6) is 0 Å². The van der Waals surface area contributed by atoms with Gasteiger partial charge in [-0.05, 0) is 29.3 Å². The van der Waals surface area contributed by atoms with E-state index in [0.29, 0.717) is 21.0 Å². The molecule has 9 heteroatoms. The molecule has 3 rings (SSSR count). The molecule has 0 aliphatic heterocycles. The molecule has 0 spiro atoms. The summed E-state index contributed by atoms with van der Waals surface area (Å²) in [5, 5.41) is 17.4. The van der Waals surface area contributed by atoms with Gasteiger partial charge >= 0.3 is 5.97 Å². The third kappa shape index (κ3) is 4.55. The van der Waals surface area contributed by atoms with E-state index in [-0.39, 0.29) is 11.3 Å². The molecule has 0 saturated carbocycles. The second-order valence-corrected chi connectivity index (χ2v) is 6.20. The lowest BCUT2D eigenvalue weighted by molar-refractivity contribution is -0.138. The number of nitrogen functional groups attached to an aromatic ring is 1. The third-order valence-corrected chi connectivity index (χ3v) is 4.38. The Kier molecular flexibility index (Phi) is 6.88. The van der Waals surface area contributed by atoms with Crippen molar-refractivity contribution in [2.24, 2.45) is 5.92 Å². The van der Waals surface area contributed by atoms with Crippen LogP contribution in [0.25, 0.3) is 22.0 Å². The zero-order valence-electron chi connectivity index (χ0n) is 14.2. The number of fused-ring (bicyclic) bond motifs is 1. The predicted molar refractivity (Wildman–Crippen MR) is 106 cm³/mol. The number of carboxylic acid groups (broad SMARTS) is 1. The van der Waals surface area contributed by atoms with Gasteiger partial charge < -0.3 is 10.8 Å². The van der Waals surface area contributed by atoms with E-state index in [2.05, 4.69) is 16.5 Å². The summed E-state index contributed by atoms with van der Waals surface area (Å²) in [5.41, 5.74) is 7.51. The molecule has 28 heavy (non-hydrogen) atoms. The van der Waals surface area contributed by atoms with Crippen LogP contribution in [0.15, 0.2) is 49.3 Å². The summed E-state index contributed by atoms with van der Waals surface area (Å²) < 4.78 is 13.8. The highest BCUT2D eigenvalue weighted by Gasteiger charge is 2.13. The second-order valence-electron chi connectivity index (χ2n) is 5.39. The van der Waals surface area contributed by atoms with Crippen molar-refractivity contribution in [2.45, 2.75) is 0 Å². The summed E-state index contributed by atoms with van der Waals surface area (Å²) in [6, 6.07) is 9.65. The molecule has 3 N–H and O–H groups in total. The highest BCUT2D eigenvalue weighted by atomic mass is 35.5. The minimum atomic E-state index is -1.15. The number of hydrogen-bond donors (Lipinski definition) is 2. The third-order valence-electron chi connectivity index (χ3n) is 3.64. The maximum absolute atomic E-state index is 13.8. The number of aromatic nitrogens is 2. The number of benzene rings is 2. The van der Waals surface area contributed by atoms with Gasteiger partial charge in [0.25, 0.3) is 0 Å². The van der Waals surface area contributed by atoms with Gasteiger partial charge in [-0.3, -0.25) is 4.79 Å². The first-order valence-corrected chi connectivity index (χ1v) is 8.44. The van der Waals surface area contributed by atoms with Gasteiger partial charge in [-0.2, -0.15) is 5.26 Å². The second kappa shape index (κ2) is 9.13. The van der Waals surface area contributed by atoms with Gasteiger partial charge in [0.15, 0.2) is 5.92 Å². The average molecular weight is 419 g/mol. The monoisotopic (exact) mass is 418 g/mol. The number of nitriles is 1. The Hall–Kier alpha value is -3.21. The molecule has 2 aromatic carbocycles. The van der Waals surface area contributed by atoms with Crippen molar-refractivity contribution in [3.8, 4) is 17.2 Å². The standard InChI is InChI=1S/C14H8Cl2FN3.C5H5NO2/c15-9-3-1-7(5-10(9)16)8-2-4-11(17)13-12(8)14(18)20-6-19-13;1-2-4(3-6)5(7)8/h1-6H,(H2,18,19,20);2,4H,1H2,(H,7,8). The molecule has 3 aromatic rings. The van der Waals surface area contributed by atoms with Crippen molar-refractivity contribution in [3.63, 3.8) is 0 Å². The summed E-state index contributed by atoms with van der Waals surface area (Å²) in [7, 11) is 0. The van der Waals surface area contributed by atoms with E-state index in [4.69, 9.17) is 39.3 Å². The number of nitrogens with zero attached hydrogens (tertiary/aromatic N) is 3. The molecule has 1 unspecified atom stereocenters. The molecule has 0 saturated heterocycles. The van der Waals surface area contributed by atoms with Gasteiger partial charge in [0.2, 0.25) is 0 Å². The first-order chi connectivity index (χ1) is 13.3. The number of hydrogen-bond acceptors (Lipinski definition) is 5. The molecule has 1 atom stereocenters. The molecular formula is C19H13Cl2FN4O2. The van der Waals surface area contributed by atoms with Crippen LogP contribution in [-0.4, -0.2) is 21.0 Å². The van der Waals surface area contributed by atoms with E-state index in [0.717, 1.165) is 11.6 Å². The molecule has 0 aliphatic rings. The Morgan fingerprint density at radius 2 is 2.00 bits per heavy atom. The summed E-state index contributed by atoms with van der Waals surface area (Å²) in [6.07, 6.45) is 2.32. The van der Waals surface area contributed by atoms with E-state index in [1.54, 1.807) is 24.3 Å². The molecule has 0 aliphatic carbocycles. The Balaban J connectivity index is 0.000000300. The smallest absolute Gasteiger partial charge is 0.324 e. The molecule has 0 amide bonds. The van der Waals surface area contributed by atoms with E-state index >= 15 is 0 Å². The lowest BCUT2D eigenvalue weighted by Gasteiger charge is -2.09. The number of rotatable bonds is 3. The predicted octanol–water partition coefficient (Wildman–Crippen LogP) is 4.72. The van der Waals surface area contributed by atoms with Crippen molar-refractivity contribution in [3.05, 3.63) is 65.2 Å². The van der Waals surface area contributed by atoms with E-state index in [1.807, 2.05) is 0 Å². The van der Waals surface area contributed by atoms with Crippen LogP contribution in [0.4, 0.5) is 10.2 Å². The van der Waals surface area contributed by atoms with Crippen molar-refractivity contribution in [1.29, 1.82) is 5.26 Å². The average Bonchev–Trinajstić information content (AvgIpc) is 2.66. The van der Waals surface area contributed by atoms with Crippen LogP contribution in [0, 0.1) is 23.1 Å². The normalized spacial score (nSPS) is 11.1. The Morgan fingerprint density at radius 1 is 1.29 bits per heavy atom. The van der Waals surface area contributed by atoms with Crippen molar-refractivity contribution < 1.29 is 14.3 Å². The zero-order valence-corrected chi connectivity index (χ0v) is 15.7. The Morgan fingerprint density at radius 3 is 2.54 bits per heavy atom. The quantitative estimate of drug-likeness (QED) is 0.594. The fourth-order valence-electron chi connectivity index (χ4n) is 2.28. The lowest BCUT2D eigenvalue weighted by Crippen LogP contribution is -2.06. The van der Waals surface area contributed by atoms with Gasteiger partial charge in [-0.15, -0.1) is 6.58 Å². The van der Waals surface area contributed by atoms with Gasteiger partial charge in [0.05, 0.1) is 21.5 Å². The number of nitrogens with two attached hydrogens (primary N) is 1. The van der Waals surface area contributed by atoms with Crippen LogP contribution in [-0.2, 0) is 4.79 Å². The molecule has 1 aromatic heterocycles. The van der Waals surface area contributed by atoms with Crippen molar-refractivity contribution in [1.82, 2.24) is 9.97 Å². The Bertz CT molecular complexity index is 1100. The fourth-order valence-corrected chi connectivity index (χ4v) is 2.58. The van der Waals surface area contributed by atoms with Crippen LogP contribution in [0.3, 0.4) is 0 Å². The number of aliphatic carboxylic acids is 1. The molecule has 6 nitrogen and oxygen atoms in total. The number of halogens is 3. The number of carboxylic acids is 1. The topological polar surface area (TPSA) is 113 Å². The van der Waals surface area contributed by atoms with E-state index in [1.165, 1.54) is 18.5 Å². The van der Waals surface area contributed by atoms with Gasteiger partial charge in [0.1, 0.15) is 23.5 Å². The minimum absolute atomic E-state index is 0.182. The first kappa shape index (κ1) is 21.1. The van der Waals surface area contributed by atoms with Crippen molar-refractivity contribution >= 4 is 45.9 Å². The number of anilines is 1. The summed E-state index contributed by atoms with van der Waals surface area (Å²) in [6.45, 7) is 3.15. The molecule has 0 radical (unpaired) electrons. The maximum atomic E-state index is 13.8. The molecule has 1 heterocycles. The number of carbonyl (C=O) groups is 1. The van der Waals surface area contributed by atoms with Crippen molar-refractivity contribution in [2.75, 3.05) is 5.73 Å². The molecule has 0 bridgehead atoms. The van der Waals surface area contributed by atoms with Gasteiger partial charge in [-0.25, -0.2) is 14.4 Å². The summed E-state index contributed by atoms with van der Waals surface area (Å²) >= 11 is 11.9. The molecule has 142 valence electrons. The minimum Gasteiger partial charge on any atom is -0.480 e. The summed E-state index contributed by atoms with van der Waals surface area (Å²) in [4.78, 5) is 17.7. The van der Waals surface area contributed by atoms with E-state index < -0.39 is 17.7 Å². The Labute approximate surface area is 169 Å². The van der Waals surface area contributed by atoms with Gasteiger partial charge in [0, 0.05) is 0 Å².